The minimum Gasteiger partial charge on any atom is -0.494 e. The number of ether oxygens (including phenoxy) is 1. The van der Waals surface area contributed by atoms with Gasteiger partial charge in [-0.25, -0.2) is 8.42 Å². The van der Waals surface area contributed by atoms with E-state index in [0.717, 1.165) is 22.5 Å². The molecule has 0 fully saturated rings. The molecule has 2 aromatic rings. The van der Waals surface area contributed by atoms with Gasteiger partial charge in [-0.05, 0) is 42.3 Å². The Morgan fingerprint density at radius 2 is 1.81 bits per heavy atom. The van der Waals surface area contributed by atoms with E-state index >= 15 is 0 Å². The maximum atomic E-state index is 12.3. The fourth-order valence-corrected chi connectivity index (χ4v) is 3.41. The summed E-state index contributed by atoms with van der Waals surface area (Å²) in [6.07, 6.45) is 1.94. The molecule has 2 aromatic carbocycles. The quantitative estimate of drug-likeness (QED) is 0.688. The van der Waals surface area contributed by atoms with Gasteiger partial charge in [0.2, 0.25) is 15.9 Å². The van der Waals surface area contributed by atoms with Crippen molar-refractivity contribution in [1.29, 1.82) is 0 Å². The van der Waals surface area contributed by atoms with Crippen LogP contribution in [-0.2, 0) is 21.4 Å². The standard InChI is InChI=1S/C19H23ClN2O4S/c1-3-12-26-17-10-8-16(9-11-17)22(27(2,24)25)14-19(23)21-13-15-6-4-5-7-18(15)20/h4-11H,3,12-14H2,1-2H3,(H,21,23). The Balaban J connectivity index is 2.06. The molecule has 6 nitrogen and oxygen atoms in total. The number of nitrogens with zero attached hydrogens (tertiary/aromatic N) is 1. The van der Waals surface area contributed by atoms with Crippen LogP contribution in [0.5, 0.6) is 5.75 Å². The van der Waals surface area contributed by atoms with Gasteiger partial charge in [0.1, 0.15) is 12.3 Å². The molecule has 0 bridgehead atoms. The predicted octanol–water partition coefficient (Wildman–Crippen LogP) is 3.21. The van der Waals surface area contributed by atoms with E-state index in [0.29, 0.717) is 23.1 Å². The van der Waals surface area contributed by atoms with Crippen LogP contribution in [0.2, 0.25) is 5.02 Å². The number of halogens is 1. The molecule has 27 heavy (non-hydrogen) atoms. The zero-order chi connectivity index (χ0) is 19.9. The lowest BCUT2D eigenvalue weighted by Crippen LogP contribution is -2.40. The smallest absolute Gasteiger partial charge is 0.241 e. The highest BCUT2D eigenvalue weighted by atomic mass is 35.5. The highest BCUT2D eigenvalue weighted by Gasteiger charge is 2.21. The van der Waals surface area contributed by atoms with Crippen LogP contribution in [0.3, 0.4) is 0 Å². The van der Waals surface area contributed by atoms with Crippen molar-refractivity contribution in [3.63, 3.8) is 0 Å². The summed E-state index contributed by atoms with van der Waals surface area (Å²) in [5.74, 6) is 0.226. The van der Waals surface area contributed by atoms with Crippen molar-refractivity contribution in [2.75, 3.05) is 23.7 Å². The Labute approximate surface area is 165 Å². The van der Waals surface area contributed by atoms with Gasteiger partial charge in [0.25, 0.3) is 0 Å². The minimum absolute atomic E-state index is 0.222. The normalized spacial score (nSPS) is 11.1. The van der Waals surface area contributed by atoms with Crippen LogP contribution in [0.25, 0.3) is 0 Å². The molecular weight excluding hydrogens is 388 g/mol. The van der Waals surface area contributed by atoms with E-state index < -0.39 is 15.9 Å². The zero-order valence-electron chi connectivity index (χ0n) is 15.3. The first-order valence-electron chi connectivity index (χ1n) is 8.52. The predicted molar refractivity (Wildman–Crippen MR) is 108 cm³/mol. The van der Waals surface area contributed by atoms with Gasteiger partial charge < -0.3 is 10.1 Å². The molecule has 0 saturated carbocycles. The molecule has 1 amide bonds. The maximum Gasteiger partial charge on any atom is 0.241 e. The zero-order valence-corrected chi connectivity index (χ0v) is 16.9. The fraction of sp³-hybridized carbons (Fsp3) is 0.316. The molecule has 0 radical (unpaired) electrons. The third-order valence-corrected chi connectivity index (χ3v) is 5.23. The molecule has 0 aliphatic carbocycles. The van der Waals surface area contributed by atoms with Crippen molar-refractivity contribution in [3.8, 4) is 5.75 Å². The first kappa shape index (κ1) is 21.1. The summed E-state index contributed by atoms with van der Waals surface area (Å²) in [5, 5.41) is 3.24. The monoisotopic (exact) mass is 410 g/mol. The number of carbonyl (C=O) groups is 1. The van der Waals surface area contributed by atoms with Crippen LogP contribution in [-0.4, -0.2) is 33.7 Å². The van der Waals surface area contributed by atoms with Crippen molar-refractivity contribution in [2.24, 2.45) is 0 Å². The number of rotatable bonds is 9. The molecule has 0 atom stereocenters. The number of hydrogen-bond donors (Lipinski definition) is 1. The lowest BCUT2D eigenvalue weighted by molar-refractivity contribution is -0.119. The molecule has 146 valence electrons. The Kier molecular flexibility index (Phi) is 7.50. The van der Waals surface area contributed by atoms with Crippen molar-refractivity contribution < 1.29 is 17.9 Å². The second-order valence-electron chi connectivity index (χ2n) is 5.98. The second-order valence-corrected chi connectivity index (χ2v) is 8.29. The molecule has 0 unspecified atom stereocenters. The van der Waals surface area contributed by atoms with Crippen molar-refractivity contribution in [2.45, 2.75) is 19.9 Å². The van der Waals surface area contributed by atoms with Gasteiger partial charge in [-0.3, -0.25) is 9.10 Å². The molecule has 0 spiro atoms. The molecule has 0 aromatic heterocycles. The highest BCUT2D eigenvalue weighted by Crippen LogP contribution is 2.22. The van der Waals surface area contributed by atoms with Crippen LogP contribution >= 0.6 is 11.6 Å². The highest BCUT2D eigenvalue weighted by molar-refractivity contribution is 7.92. The topological polar surface area (TPSA) is 75.7 Å². The van der Waals surface area contributed by atoms with Crippen LogP contribution < -0.4 is 14.4 Å². The second kappa shape index (κ2) is 9.62. The third kappa shape index (κ3) is 6.45. The largest absolute Gasteiger partial charge is 0.494 e. The van der Waals surface area contributed by atoms with Gasteiger partial charge in [0.05, 0.1) is 18.6 Å². The van der Waals surface area contributed by atoms with E-state index in [4.69, 9.17) is 16.3 Å². The van der Waals surface area contributed by atoms with Gasteiger partial charge >= 0.3 is 0 Å². The van der Waals surface area contributed by atoms with E-state index in [1.54, 1.807) is 42.5 Å². The van der Waals surface area contributed by atoms with E-state index in [1.165, 1.54) is 0 Å². The van der Waals surface area contributed by atoms with E-state index in [1.807, 2.05) is 13.0 Å². The molecule has 0 aliphatic heterocycles. The summed E-state index contributed by atoms with van der Waals surface area (Å²) in [4.78, 5) is 12.3. The third-order valence-electron chi connectivity index (χ3n) is 3.72. The van der Waals surface area contributed by atoms with Crippen LogP contribution in [0, 0.1) is 0 Å². The number of hydrogen-bond acceptors (Lipinski definition) is 4. The average Bonchev–Trinajstić information content (AvgIpc) is 2.63. The van der Waals surface area contributed by atoms with Crippen LogP contribution in [0.4, 0.5) is 5.69 Å². The number of nitrogens with one attached hydrogen (secondary N) is 1. The summed E-state index contributed by atoms with van der Waals surface area (Å²) >= 11 is 6.06. The van der Waals surface area contributed by atoms with Gasteiger partial charge in [0, 0.05) is 11.6 Å². The summed E-state index contributed by atoms with van der Waals surface area (Å²) in [6, 6.07) is 13.8. The van der Waals surface area contributed by atoms with Crippen molar-refractivity contribution in [3.05, 3.63) is 59.1 Å². The number of anilines is 1. The lowest BCUT2D eigenvalue weighted by Gasteiger charge is -2.22. The molecule has 0 saturated heterocycles. The molecule has 0 aliphatic rings. The van der Waals surface area contributed by atoms with Gasteiger partial charge in [0.15, 0.2) is 0 Å². The summed E-state index contributed by atoms with van der Waals surface area (Å²) in [6.45, 7) is 2.49. The number of amides is 1. The first-order valence-corrected chi connectivity index (χ1v) is 10.7. The average molecular weight is 411 g/mol. The lowest BCUT2D eigenvalue weighted by atomic mass is 10.2. The van der Waals surface area contributed by atoms with E-state index in [-0.39, 0.29) is 13.1 Å². The molecule has 0 heterocycles. The molecule has 1 N–H and O–H groups in total. The molecule has 2 rings (SSSR count). The van der Waals surface area contributed by atoms with Gasteiger partial charge in [-0.1, -0.05) is 36.7 Å². The van der Waals surface area contributed by atoms with E-state index in [2.05, 4.69) is 5.32 Å². The number of carbonyl (C=O) groups excluding carboxylic acids is 1. The van der Waals surface area contributed by atoms with Crippen LogP contribution in [0.15, 0.2) is 48.5 Å². The number of sulfonamides is 1. The van der Waals surface area contributed by atoms with E-state index in [9.17, 15) is 13.2 Å². The summed E-state index contributed by atoms with van der Waals surface area (Å²) in [7, 11) is -3.63. The molecule has 8 heteroatoms. The SMILES string of the molecule is CCCOc1ccc(N(CC(=O)NCc2ccccc2Cl)S(C)(=O)=O)cc1. The van der Waals surface area contributed by atoms with Gasteiger partial charge in [-0.2, -0.15) is 0 Å². The Bertz CT molecular complexity index is 870. The van der Waals surface area contributed by atoms with Crippen molar-refractivity contribution >= 4 is 33.2 Å². The summed E-state index contributed by atoms with van der Waals surface area (Å²) < 4.78 is 30.8. The minimum atomic E-state index is -3.63. The Morgan fingerprint density at radius 1 is 1.15 bits per heavy atom. The molecular formula is C19H23ClN2O4S. The first-order chi connectivity index (χ1) is 12.8. The maximum absolute atomic E-state index is 12.3. The number of benzene rings is 2. The fourth-order valence-electron chi connectivity index (χ4n) is 2.35. The Morgan fingerprint density at radius 3 is 2.41 bits per heavy atom. The van der Waals surface area contributed by atoms with Crippen molar-refractivity contribution in [1.82, 2.24) is 5.32 Å². The van der Waals surface area contributed by atoms with Crippen LogP contribution in [0.1, 0.15) is 18.9 Å². The summed E-state index contributed by atoms with van der Waals surface area (Å²) in [5.41, 5.74) is 1.16. The van der Waals surface area contributed by atoms with Gasteiger partial charge in [-0.15, -0.1) is 0 Å². The Hall–Kier alpha value is -2.25.